The number of hydrogen-bond acceptors (Lipinski definition) is 4. The summed E-state index contributed by atoms with van der Waals surface area (Å²) in [4.78, 5) is 13.1. The van der Waals surface area contributed by atoms with Gasteiger partial charge < -0.3 is 9.47 Å². The molecule has 168 valence electrons. The summed E-state index contributed by atoms with van der Waals surface area (Å²) in [6.45, 7) is 2.68. The van der Waals surface area contributed by atoms with Gasteiger partial charge in [0.2, 0.25) is 0 Å². The molecule has 0 spiro atoms. The van der Waals surface area contributed by atoms with Crippen molar-refractivity contribution >= 4 is 46.6 Å². The lowest BCUT2D eigenvalue weighted by atomic mass is 10.1. The van der Waals surface area contributed by atoms with E-state index in [1.54, 1.807) is 25.1 Å². The Morgan fingerprint density at radius 3 is 2.33 bits per heavy atom. The zero-order valence-electron chi connectivity index (χ0n) is 18.0. The molecule has 0 N–H and O–H groups in total. The Bertz CT molecular complexity index is 1190. The fourth-order valence-electron chi connectivity index (χ4n) is 3.36. The molecule has 0 aliphatic carbocycles. The van der Waals surface area contributed by atoms with Crippen molar-refractivity contribution in [1.82, 2.24) is 0 Å². The smallest absolute Gasteiger partial charge is 0.280 e. The molecule has 4 rings (SSSR count). The quantitative estimate of drug-likeness (QED) is 0.268. The molecule has 0 bridgehead atoms. The Hall–Kier alpha value is -3.28. The van der Waals surface area contributed by atoms with E-state index >= 15 is 0 Å². The second-order valence-corrected chi connectivity index (χ2v) is 8.21. The molecule has 5 nitrogen and oxygen atoms in total. The van der Waals surface area contributed by atoms with Gasteiger partial charge in [-0.1, -0.05) is 59.6 Å². The molecule has 0 saturated carbocycles. The number of ether oxygens (including phenoxy) is 2. The van der Waals surface area contributed by atoms with Crippen molar-refractivity contribution in [2.45, 2.75) is 13.3 Å². The molecule has 1 heterocycles. The molecule has 1 aliphatic rings. The van der Waals surface area contributed by atoms with Crippen LogP contribution >= 0.6 is 23.2 Å². The van der Waals surface area contributed by atoms with Crippen LogP contribution in [0.15, 0.2) is 83.5 Å². The van der Waals surface area contributed by atoms with Crippen molar-refractivity contribution in [1.29, 1.82) is 0 Å². The summed E-state index contributed by atoms with van der Waals surface area (Å²) in [5.41, 5.74) is 2.37. The van der Waals surface area contributed by atoms with Gasteiger partial charge in [0.1, 0.15) is 11.5 Å². The molecular formula is C26H22Cl2N2O3. The zero-order chi connectivity index (χ0) is 23.2. The standard InChI is InChI=1S/C26H22Cl2N2O3/c1-18-23(26(31)30(29-18)21-9-4-2-5-10-21)16-19-15-20(27)17-24(28)25(19)33-14-8-13-32-22-11-6-3-7-12-22/h2-7,9-12,15-17H,8,13-14H2,1H3/b23-16+. The summed E-state index contributed by atoms with van der Waals surface area (Å²) in [6.07, 6.45) is 2.38. The normalized spacial score (nSPS) is 14.5. The first-order valence-electron chi connectivity index (χ1n) is 10.5. The minimum atomic E-state index is -0.225. The molecule has 0 radical (unpaired) electrons. The minimum Gasteiger partial charge on any atom is -0.493 e. The van der Waals surface area contributed by atoms with Gasteiger partial charge in [0.15, 0.2) is 0 Å². The number of anilines is 1. The average Bonchev–Trinajstić information content (AvgIpc) is 3.10. The van der Waals surface area contributed by atoms with Crippen molar-refractivity contribution in [3.05, 3.63) is 94.0 Å². The van der Waals surface area contributed by atoms with Crippen LogP contribution in [0.4, 0.5) is 5.69 Å². The lowest BCUT2D eigenvalue weighted by Crippen LogP contribution is -2.21. The van der Waals surface area contributed by atoms with Crippen LogP contribution in [0, 0.1) is 0 Å². The predicted octanol–water partition coefficient (Wildman–Crippen LogP) is 6.65. The van der Waals surface area contributed by atoms with Crippen LogP contribution in [0.5, 0.6) is 11.5 Å². The predicted molar refractivity (Wildman–Crippen MR) is 134 cm³/mol. The molecular weight excluding hydrogens is 459 g/mol. The summed E-state index contributed by atoms with van der Waals surface area (Å²) in [7, 11) is 0. The highest BCUT2D eigenvalue weighted by Gasteiger charge is 2.29. The number of nitrogens with zero attached hydrogens (tertiary/aromatic N) is 2. The van der Waals surface area contributed by atoms with Gasteiger partial charge in [0, 0.05) is 17.0 Å². The molecule has 33 heavy (non-hydrogen) atoms. The second-order valence-electron chi connectivity index (χ2n) is 7.37. The maximum absolute atomic E-state index is 13.1. The molecule has 3 aromatic rings. The van der Waals surface area contributed by atoms with Gasteiger partial charge in [-0.15, -0.1) is 0 Å². The first-order chi connectivity index (χ1) is 16.0. The van der Waals surface area contributed by atoms with Crippen LogP contribution in [-0.4, -0.2) is 24.8 Å². The summed E-state index contributed by atoms with van der Waals surface area (Å²) in [5.74, 6) is 1.05. The van der Waals surface area contributed by atoms with E-state index in [4.69, 9.17) is 32.7 Å². The number of rotatable bonds is 8. The van der Waals surface area contributed by atoms with Gasteiger partial charge in [-0.05, 0) is 49.4 Å². The van der Waals surface area contributed by atoms with Crippen LogP contribution in [0.1, 0.15) is 18.9 Å². The fourth-order valence-corrected chi connectivity index (χ4v) is 3.93. The number of halogens is 2. The third-order valence-electron chi connectivity index (χ3n) is 4.95. The third kappa shape index (κ3) is 5.56. The first-order valence-corrected chi connectivity index (χ1v) is 11.2. The van der Waals surface area contributed by atoms with Crippen LogP contribution in [0.25, 0.3) is 6.08 Å². The van der Waals surface area contributed by atoms with Crippen molar-refractivity contribution in [3.63, 3.8) is 0 Å². The van der Waals surface area contributed by atoms with E-state index in [0.29, 0.717) is 58.0 Å². The molecule has 0 aromatic heterocycles. The van der Waals surface area contributed by atoms with Crippen molar-refractivity contribution in [3.8, 4) is 11.5 Å². The number of benzene rings is 3. The van der Waals surface area contributed by atoms with E-state index in [-0.39, 0.29) is 5.91 Å². The number of carbonyl (C=O) groups is 1. The van der Waals surface area contributed by atoms with E-state index in [9.17, 15) is 4.79 Å². The maximum Gasteiger partial charge on any atom is 0.280 e. The minimum absolute atomic E-state index is 0.225. The van der Waals surface area contributed by atoms with Gasteiger partial charge in [-0.25, -0.2) is 0 Å². The van der Waals surface area contributed by atoms with Gasteiger partial charge >= 0.3 is 0 Å². The zero-order valence-corrected chi connectivity index (χ0v) is 19.5. The van der Waals surface area contributed by atoms with Gasteiger partial charge in [0.25, 0.3) is 5.91 Å². The number of hydrogen-bond donors (Lipinski definition) is 0. The highest BCUT2D eigenvalue weighted by molar-refractivity contribution is 6.36. The number of para-hydroxylation sites is 2. The Balaban J connectivity index is 1.49. The van der Waals surface area contributed by atoms with Crippen molar-refractivity contribution in [2.75, 3.05) is 18.2 Å². The van der Waals surface area contributed by atoms with E-state index < -0.39 is 0 Å². The van der Waals surface area contributed by atoms with Crippen LogP contribution in [-0.2, 0) is 4.79 Å². The highest BCUT2D eigenvalue weighted by Crippen LogP contribution is 2.35. The fraction of sp³-hybridized carbons (Fsp3) is 0.154. The number of carbonyl (C=O) groups excluding carboxylic acids is 1. The molecule has 7 heteroatoms. The highest BCUT2D eigenvalue weighted by atomic mass is 35.5. The average molecular weight is 481 g/mol. The summed E-state index contributed by atoms with van der Waals surface area (Å²) in [6, 6.07) is 22.2. The van der Waals surface area contributed by atoms with Crippen LogP contribution < -0.4 is 14.5 Å². The monoisotopic (exact) mass is 480 g/mol. The van der Waals surface area contributed by atoms with E-state index in [0.717, 1.165) is 5.75 Å². The largest absolute Gasteiger partial charge is 0.493 e. The number of hydrazone groups is 1. The van der Waals surface area contributed by atoms with Crippen molar-refractivity contribution in [2.24, 2.45) is 5.10 Å². The maximum atomic E-state index is 13.1. The Morgan fingerprint density at radius 1 is 0.939 bits per heavy atom. The summed E-state index contributed by atoms with van der Waals surface area (Å²) < 4.78 is 11.7. The van der Waals surface area contributed by atoms with Gasteiger partial charge in [-0.3, -0.25) is 4.79 Å². The van der Waals surface area contributed by atoms with Crippen LogP contribution in [0.2, 0.25) is 10.0 Å². The SMILES string of the molecule is CC1=NN(c2ccccc2)C(=O)/C1=C/c1cc(Cl)cc(Cl)c1OCCCOc1ccccc1. The molecule has 0 atom stereocenters. The van der Waals surface area contributed by atoms with E-state index in [1.165, 1.54) is 5.01 Å². The Labute approximate surface area is 202 Å². The summed E-state index contributed by atoms with van der Waals surface area (Å²) >= 11 is 12.7. The van der Waals surface area contributed by atoms with Gasteiger partial charge in [0.05, 0.1) is 35.2 Å². The molecule has 0 fully saturated rings. The third-order valence-corrected chi connectivity index (χ3v) is 5.45. The molecule has 1 aliphatic heterocycles. The Kier molecular flexibility index (Phi) is 7.33. The van der Waals surface area contributed by atoms with E-state index in [1.807, 2.05) is 60.7 Å². The molecule has 0 unspecified atom stereocenters. The lowest BCUT2D eigenvalue weighted by Gasteiger charge is -2.13. The number of amides is 1. The topological polar surface area (TPSA) is 51.1 Å². The molecule has 0 saturated heterocycles. The summed E-state index contributed by atoms with van der Waals surface area (Å²) in [5, 5.41) is 6.62. The van der Waals surface area contributed by atoms with E-state index in [2.05, 4.69) is 5.10 Å². The lowest BCUT2D eigenvalue weighted by molar-refractivity contribution is -0.114. The van der Waals surface area contributed by atoms with Crippen molar-refractivity contribution < 1.29 is 14.3 Å². The van der Waals surface area contributed by atoms with Gasteiger partial charge in [-0.2, -0.15) is 10.1 Å². The second kappa shape index (κ2) is 10.6. The first kappa shape index (κ1) is 22.9. The Morgan fingerprint density at radius 2 is 1.61 bits per heavy atom. The molecule has 1 amide bonds. The molecule has 3 aromatic carbocycles. The van der Waals surface area contributed by atoms with Crippen LogP contribution in [0.3, 0.4) is 0 Å².